The molecule has 1 N–H and O–H groups in total. The monoisotopic (exact) mass is 366 g/mol. The molecule has 1 unspecified atom stereocenters. The molecule has 0 saturated carbocycles. The molecule has 0 radical (unpaired) electrons. The van der Waals surface area contributed by atoms with Crippen LogP contribution in [0.1, 0.15) is 23.6 Å². The number of ether oxygens (including phenoxy) is 1. The molecule has 6 heteroatoms. The Hall–Kier alpha value is -3.15. The van der Waals surface area contributed by atoms with Gasteiger partial charge in [0.2, 0.25) is 11.8 Å². The minimum absolute atomic E-state index is 0.0725. The number of nitrogens with zero attached hydrogens (tertiary/aromatic N) is 1. The van der Waals surface area contributed by atoms with Gasteiger partial charge < -0.3 is 15.0 Å². The van der Waals surface area contributed by atoms with Crippen LogP contribution in [0.15, 0.2) is 60.7 Å². The van der Waals surface area contributed by atoms with Crippen molar-refractivity contribution >= 4 is 17.8 Å². The van der Waals surface area contributed by atoms with Gasteiger partial charge in [-0.25, -0.2) is 4.79 Å². The van der Waals surface area contributed by atoms with Crippen LogP contribution in [0, 0.1) is 0 Å². The molecular weight excluding hydrogens is 344 g/mol. The summed E-state index contributed by atoms with van der Waals surface area (Å²) in [5.74, 6) is -0.964. The Kier molecular flexibility index (Phi) is 5.86. The maximum atomic E-state index is 12.5. The maximum Gasteiger partial charge on any atom is 0.328 e. The number of nitrogens with one attached hydrogen (secondary N) is 1. The summed E-state index contributed by atoms with van der Waals surface area (Å²) in [4.78, 5) is 38.0. The van der Waals surface area contributed by atoms with E-state index >= 15 is 0 Å². The topological polar surface area (TPSA) is 75.7 Å². The van der Waals surface area contributed by atoms with Gasteiger partial charge in [-0.05, 0) is 11.1 Å². The van der Waals surface area contributed by atoms with E-state index in [9.17, 15) is 14.4 Å². The lowest BCUT2D eigenvalue weighted by Crippen LogP contribution is -2.53. The Morgan fingerprint density at radius 3 is 2.33 bits per heavy atom. The van der Waals surface area contributed by atoms with Crippen LogP contribution < -0.4 is 5.32 Å². The molecule has 1 aliphatic rings. The number of hydrogen-bond donors (Lipinski definition) is 1. The van der Waals surface area contributed by atoms with Crippen LogP contribution >= 0.6 is 0 Å². The number of carbonyl (C=O) groups excluding carboxylic acids is 3. The van der Waals surface area contributed by atoms with E-state index in [1.165, 1.54) is 12.0 Å². The average molecular weight is 366 g/mol. The number of esters is 1. The first-order valence-electron chi connectivity index (χ1n) is 8.84. The van der Waals surface area contributed by atoms with E-state index in [1.807, 2.05) is 60.7 Å². The zero-order chi connectivity index (χ0) is 19.2. The van der Waals surface area contributed by atoms with E-state index < -0.39 is 12.0 Å². The second kappa shape index (κ2) is 8.49. The van der Waals surface area contributed by atoms with Crippen LogP contribution in [0.25, 0.3) is 0 Å². The van der Waals surface area contributed by atoms with Crippen LogP contribution in [0.3, 0.4) is 0 Å². The van der Waals surface area contributed by atoms with Gasteiger partial charge in [0.1, 0.15) is 12.6 Å². The molecule has 1 aliphatic heterocycles. The lowest BCUT2D eigenvalue weighted by Gasteiger charge is -2.40. The first-order chi connectivity index (χ1) is 13.1. The summed E-state index contributed by atoms with van der Waals surface area (Å²) >= 11 is 0. The Bertz CT molecular complexity index is 807. The molecule has 0 aromatic heterocycles. The van der Waals surface area contributed by atoms with E-state index in [0.717, 1.165) is 11.1 Å². The fourth-order valence-electron chi connectivity index (χ4n) is 3.21. The van der Waals surface area contributed by atoms with Crippen LogP contribution in [0.4, 0.5) is 0 Å². The summed E-state index contributed by atoms with van der Waals surface area (Å²) in [6, 6.07) is 18.1. The highest BCUT2D eigenvalue weighted by molar-refractivity contribution is 5.91. The molecule has 3 rings (SSSR count). The third-order valence-corrected chi connectivity index (χ3v) is 4.67. The van der Waals surface area contributed by atoms with E-state index in [1.54, 1.807) is 0 Å². The number of benzene rings is 2. The average Bonchev–Trinajstić information content (AvgIpc) is 2.70. The van der Waals surface area contributed by atoms with Gasteiger partial charge in [-0.15, -0.1) is 0 Å². The molecule has 2 aromatic carbocycles. The highest BCUT2D eigenvalue weighted by Crippen LogP contribution is 2.33. The van der Waals surface area contributed by atoms with Crippen molar-refractivity contribution in [2.75, 3.05) is 13.7 Å². The van der Waals surface area contributed by atoms with Crippen LogP contribution in [0.2, 0.25) is 0 Å². The molecule has 0 bridgehead atoms. The summed E-state index contributed by atoms with van der Waals surface area (Å²) in [6.07, 6.45) is 0.719. The fraction of sp³-hybridized carbons (Fsp3) is 0.286. The van der Waals surface area contributed by atoms with E-state index in [0.29, 0.717) is 12.8 Å². The molecule has 2 aromatic rings. The number of rotatable bonds is 7. The van der Waals surface area contributed by atoms with Gasteiger partial charge in [0.05, 0.1) is 19.6 Å². The lowest BCUT2D eigenvalue weighted by molar-refractivity contribution is -0.151. The van der Waals surface area contributed by atoms with Crippen molar-refractivity contribution in [3.05, 3.63) is 71.8 Å². The smallest absolute Gasteiger partial charge is 0.328 e. The summed E-state index contributed by atoms with van der Waals surface area (Å²) in [5.41, 5.74) is 1.91. The number of hydrogen-bond acceptors (Lipinski definition) is 4. The van der Waals surface area contributed by atoms with E-state index in [2.05, 4.69) is 5.32 Å². The summed E-state index contributed by atoms with van der Waals surface area (Å²) in [7, 11) is 1.29. The van der Waals surface area contributed by atoms with Crippen molar-refractivity contribution < 1.29 is 19.1 Å². The minimum atomic E-state index is -0.795. The van der Waals surface area contributed by atoms with Gasteiger partial charge in [-0.3, -0.25) is 9.59 Å². The highest BCUT2D eigenvalue weighted by Gasteiger charge is 2.38. The van der Waals surface area contributed by atoms with Crippen molar-refractivity contribution in [2.24, 2.45) is 0 Å². The Morgan fingerprint density at radius 1 is 1.11 bits per heavy atom. The zero-order valence-electron chi connectivity index (χ0n) is 15.1. The van der Waals surface area contributed by atoms with Crippen LogP contribution in [-0.4, -0.2) is 42.4 Å². The lowest BCUT2D eigenvalue weighted by atomic mass is 9.94. The number of β-lactam (4-membered cyclic amide) rings is 1. The molecule has 27 heavy (non-hydrogen) atoms. The molecule has 140 valence electrons. The van der Waals surface area contributed by atoms with Gasteiger partial charge in [0, 0.05) is 6.42 Å². The third-order valence-electron chi connectivity index (χ3n) is 4.67. The molecule has 1 heterocycles. The minimum Gasteiger partial charge on any atom is -0.467 e. The second-order valence-electron chi connectivity index (χ2n) is 6.49. The van der Waals surface area contributed by atoms with Crippen LogP contribution in [-0.2, 0) is 25.5 Å². The molecule has 2 amide bonds. The number of likely N-dealkylation sites (tertiary alicyclic amines) is 1. The SMILES string of the molecule is COC(=O)[C@H](Cc1ccccc1)NC(=O)CN1C(=O)CC1c1ccccc1. The first-order valence-corrected chi connectivity index (χ1v) is 8.84. The number of carbonyl (C=O) groups is 3. The highest BCUT2D eigenvalue weighted by atomic mass is 16.5. The molecule has 0 spiro atoms. The van der Waals surface area contributed by atoms with Crippen molar-refractivity contribution in [3.63, 3.8) is 0 Å². The van der Waals surface area contributed by atoms with Gasteiger partial charge in [0.15, 0.2) is 0 Å². The van der Waals surface area contributed by atoms with Crippen molar-refractivity contribution in [1.82, 2.24) is 10.2 Å². The van der Waals surface area contributed by atoms with Crippen molar-refractivity contribution in [3.8, 4) is 0 Å². The quantitative estimate of drug-likeness (QED) is 0.599. The summed E-state index contributed by atoms with van der Waals surface area (Å²) in [5, 5.41) is 2.70. The largest absolute Gasteiger partial charge is 0.467 e. The molecular formula is C21H22N2O4. The number of methoxy groups -OCH3 is 1. The Morgan fingerprint density at radius 2 is 1.74 bits per heavy atom. The standard InChI is InChI=1S/C21H22N2O4/c1-27-21(26)17(12-15-8-4-2-5-9-15)22-19(24)14-23-18(13-20(23)25)16-10-6-3-7-11-16/h2-11,17-18H,12-14H2,1H3,(H,22,24)/t17-,18?/m0/s1. The predicted octanol–water partition coefficient (Wildman–Crippen LogP) is 1.86. The van der Waals surface area contributed by atoms with Gasteiger partial charge in [-0.2, -0.15) is 0 Å². The van der Waals surface area contributed by atoms with E-state index in [4.69, 9.17) is 4.74 Å². The zero-order valence-corrected chi connectivity index (χ0v) is 15.1. The molecule has 1 saturated heterocycles. The Labute approximate surface area is 158 Å². The first kappa shape index (κ1) is 18.6. The normalized spacial score (nSPS) is 17.0. The maximum absolute atomic E-state index is 12.5. The third kappa shape index (κ3) is 4.53. The molecule has 1 fully saturated rings. The van der Waals surface area contributed by atoms with Crippen molar-refractivity contribution in [1.29, 1.82) is 0 Å². The van der Waals surface area contributed by atoms with Crippen molar-refractivity contribution in [2.45, 2.75) is 24.9 Å². The van der Waals surface area contributed by atoms with Gasteiger partial charge >= 0.3 is 5.97 Å². The van der Waals surface area contributed by atoms with Gasteiger partial charge in [-0.1, -0.05) is 60.7 Å². The second-order valence-corrected chi connectivity index (χ2v) is 6.49. The van der Waals surface area contributed by atoms with E-state index in [-0.39, 0.29) is 24.4 Å². The number of amides is 2. The van der Waals surface area contributed by atoms with Crippen LogP contribution in [0.5, 0.6) is 0 Å². The Balaban J connectivity index is 1.63. The summed E-state index contributed by atoms with van der Waals surface area (Å²) in [6.45, 7) is -0.0827. The predicted molar refractivity (Wildman–Crippen MR) is 99.6 cm³/mol. The molecule has 6 nitrogen and oxygen atoms in total. The summed E-state index contributed by atoms with van der Waals surface area (Å²) < 4.78 is 4.81. The fourth-order valence-corrected chi connectivity index (χ4v) is 3.21. The molecule has 2 atom stereocenters. The van der Waals surface area contributed by atoms with Gasteiger partial charge in [0.25, 0.3) is 0 Å². The molecule has 0 aliphatic carbocycles.